The van der Waals surface area contributed by atoms with Crippen LogP contribution in [0.5, 0.6) is 5.75 Å². The Bertz CT molecular complexity index is 634. The number of rotatable bonds is 6. The molecular weight excluding hydrogens is 278 g/mol. The van der Waals surface area contributed by atoms with Crippen molar-refractivity contribution in [2.45, 2.75) is 26.3 Å². The Morgan fingerprint density at radius 3 is 2.68 bits per heavy atom. The van der Waals surface area contributed by atoms with E-state index in [1.807, 2.05) is 24.3 Å². The lowest BCUT2D eigenvalue weighted by Crippen LogP contribution is -2.40. The summed E-state index contributed by atoms with van der Waals surface area (Å²) in [6.45, 7) is 4.20. The predicted octanol–water partition coefficient (Wildman–Crippen LogP) is 2.43. The molecule has 1 unspecified atom stereocenters. The molecule has 2 rings (SSSR count). The van der Waals surface area contributed by atoms with Gasteiger partial charge >= 0.3 is 0 Å². The lowest BCUT2D eigenvalue weighted by Gasteiger charge is -2.23. The summed E-state index contributed by atoms with van der Waals surface area (Å²) in [5.74, 6) is 1.07. The summed E-state index contributed by atoms with van der Waals surface area (Å²) in [6.07, 6.45) is 4.03. The highest BCUT2D eigenvalue weighted by atomic mass is 16.5. The smallest absolute Gasteiger partial charge is 0.254 e. The molecule has 1 amide bonds. The summed E-state index contributed by atoms with van der Waals surface area (Å²) >= 11 is 0. The highest BCUT2D eigenvalue weighted by Gasteiger charge is 2.20. The van der Waals surface area contributed by atoms with Gasteiger partial charge in [-0.1, -0.05) is 32.0 Å². The number of ether oxygens (including phenoxy) is 1. The normalized spacial score (nSPS) is 12.2. The van der Waals surface area contributed by atoms with Crippen LogP contribution in [0.2, 0.25) is 0 Å². The number of nitrogens with one attached hydrogen (secondary N) is 1. The number of carbonyl (C=O) groups is 1. The van der Waals surface area contributed by atoms with Crippen LogP contribution in [0.3, 0.4) is 0 Å². The van der Waals surface area contributed by atoms with Crippen LogP contribution in [0.1, 0.15) is 29.8 Å². The number of para-hydroxylation sites is 1. The molecular formula is C17H23N3O2. The molecule has 118 valence electrons. The van der Waals surface area contributed by atoms with Gasteiger partial charge in [-0.3, -0.25) is 9.48 Å². The van der Waals surface area contributed by atoms with Crippen molar-refractivity contribution in [2.75, 3.05) is 7.11 Å². The molecule has 0 aliphatic carbocycles. The number of aromatic nitrogens is 2. The molecule has 1 atom stereocenters. The second-order valence-electron chi connectivity index (χ2n) is 5.74. The Morgan fingerprint density at radius 2 is 2.09 bits per heavy atom. The van der Waals surface area contributed by atoms with E-state index >= 15 is 0 Å². The van der Waals surface area contributed by atoms with Crippen LogP contribution in [-0.2, 0) is 13.5 Å². The van der Waals surface area contributed by atoms with E-state index in [4.69, 9.17) is 4.74 Å². The zero-order valence-electron chi connectivity index (χ0n) is 13.5. The third kappa shape index (κ3) is 3.87. The molecule has 0 bridgehead atoms. The van der Waals surface area contributed by atoms with Crippen LogP contribution in [0.15, 0.2) is 36.7 Å². The van der Waals surface area contributed by atoms with Crippen molar-refractivity contribution in [1.82, 2.24) is 15.1 Å². The average molecular weight is 301 g/mol. The molecule has 1 aromatic heterocycles. The molecule has 0 radical (unpaired) electrons. The van der Waals surface area contributed by atoms with E-state index in [-0.39, 0.29) is 11.9 Å². The Labute approximate surface area is 131 Å². The molecule has 1 heterocycles. The molecule has 0 saturated heterocycles. The largest absolute Gasteiger partial charge is 0.496 e. The van der Waals surface area contributed by atoms with Crippen molar-refractivity contribution in [1.29, 1.82) is 0 Å². The van der Waals surface area contributed by atoms with E-state index in [9.17, 15) is 4.79 Å². The first-order chi connectivity index (χ1) is 10.5. The number of aryl methyl sites for hydroxylation is 1. The fourth-order valence-corrected chi connectivity index (χ4v) is 2.35. The molecule has 0 spiro atoms. The van der Waals surface area contributed by atoms with Gasteiger partial charge in [0.15, 0.2) is 0 Å². The SMILES string of the molecule is COc1ccccc1CC(NC(=O)c1cnn(C)c1)C(C)C. The van der Waals surface area contributed by atoms with Crippen LogP contribution in [0, 0.1) is 5.92 Å². The minimum Gasteiger partial charge on any atom is -0.496 e. The van der Waals surface area contributed by atoms with Crippen LogP contribution >= 0.6 is 0 Å². The van der Waals surface area contributed by atoms with E-state index in [2.05, 4.69) is 24.3 Å². The van der Waals surface area contributed by atoms with Crippen molar-refractivity contribution in [3.63, 3.8) is 0 Å². The average Bonchev–Trinajstić information content (AvgIpc) is 2.93. The van der Waals surface area contributed by atoms with Gasteiger partial charge in [0.2, 0.25) is 0 Å². The molecule has 0 aliphatic rings. The molecule has 1 aromatic carbocycles. The Kier molecular flexibility index (Phi) is 5.20. The second kappa shape index (κ2) is 7.11. The Morgan fingerprint density at radius 1 is 1.36 bits per heavy atom. The lowest BCUT2D eigenvalue weighted by atomic mass is 9.95. The number of hydrogen-bond donors (Lipinski definition) is 1. The number of hydrogen-bond acceptors (Lipinski definition) is 3. The topological polar surface area (TPSA) is 56.1 Å². The van der Waals surface area contributed by atoms with E-state index in [0.717, 1.165) is 17.7 Å². The van der Waals surface area contributed by atoms with E-state index in [1.165, 1.54) is 0 Å². The molecule has 5 nitrogen and oxygen atoms in total. The molecule has 0 aliphatic heterocycles. The maximum Gasteiger partial charge on any atom is 0.254 e. The first kappa shape index (κ1) is 16.1. The Balaban J connectivity index is 2.11. The maximum atomic E-state index is 12.3. The third-order valence-corrected chi connectivity index (χ3v) is 3.72. The molecule has 0 fully saturated rings. The van der Waals surface area contributed by atoms with Crippen LogP contribution in [-0.4, -0.2) is 28.8 Å². The van der Waals surface area contributed by atoms with Gasteiger partial charge in [-0.2, -0.15) is 5.10 Å². The van der Waals surface area contributed by atoms with Gasteiger partial charge in [0.1, 0.15) is 5.75 Å². The van der Waals surface area contributed by atoms with Gasteiger partial charge in [-0.15, -0.1) is 0 Å². The zero-order valence-corrected chi connectivity index (χ0v) is 13.5. The minimum absolute atomic E-state index is 0.0315. The van der Waals surface area contributed by atoms with Crippen molar-refractivity contribution in [3.05, 3.63) is 47.8 Å². The van der Waals surface area contributed by atoms with Crippen LogP contribution < -0.4 is 10.1 Å². The van der Waals surface area contributed by atoms with Gasteiger partial charge < -0.3 is 10.1 Å². The molecule has 5 heteroatoms. The van der Waals surface area contributed by atoms with Gasteiger partial charge in [-0.05, 0) is 24.0 Å². The zero-order chi connectivity index (χ0) is 16.1. The first-order valence-electron chi connectivity index (χ1n) is 7.42. The van der Waals surface area contributed by atoms with Crippen molar-refractivity contribution < 1.29 is 9.53 Å². The number of amides is 1. The first-order valence-corrected chi connectivity index (χ1v) is 7.42. The monoisotopic (exact) mass is 301 g/mol. The summed E-state index contributed by atoms with van der Waals surface area (Å²) in [5.41, 5.74) is 1.67. The van der Waals surface area contributed by atoms with Gasteiger partial charge in [0, 0.05) is 19.3 Å². The number of benzene rings is 1. The van der Waals surface area contributed by atoms with E-state index < -0.39 is 0 Å². The minimum atomic E-state index is -0.0957. The number of methoxy groups -OCH3 is 1. The third-order valence-electron chi connectivity index (χ3n) is 3.72. The molecule has 22 heavy (non-hydrogen) atoms. The van der Waals surface area contributed by atoms with Crippen molar-refractivity contribution >= 4 is 5.91 Å². The standard InChI is InChI=1S/C17H23N3O2/c1-12(2)15(9-13-7-5-6-8-16(13)22-4)19-17(21)14-10-18-20(3)11-14/h5-8,10-12,15H,9H2,1-4H3,(H,19,21). The van der Waals surface area contributed by atoms with E-state index in [1.54, 1.807) is 31.2 Å². The summed E-state index contributed by atoms with van der Waals surface area (Å²) in [7, 11) is 3.46. The molecule has 0 saturated carbocycles. The summed E-state index contributed by atoms with van der Waals surface area (Å²) in [5, 5.41) is 7.14. The fourth-order valence-electron chi connectivity index (χ4n) is 2.35. The van der Waals surface area contributed by atoms with Crippen molar-refractivity contribution in [2.24, 2.45) is 13.0 Å². The Hall–Kier alpha value is -2.30. The quantitative estimate of drug-likeness (QED) is 0.891. The summed E-state index contributed by atoms with van der Waals surface area (Å²) in [4.78, 5) is 12.3. The molecule has 2 aromatic rings. The summed E-state index contributed by atoms with van der Waals surface area (Å²) < 4.78 is 7.02. The van der Waals surface area contributed by atoms with Gasteiger partial charge in [0.05, 0.1) is 18.9 Å². The van der Waals surface area contributed by atoms with Gasteiger partial charge in [-0.25, -0.2) is 0 Å². The maximum absolute atomic E-state index is 12.3. The van der Waals surface area contributed by atoms with Crippen molar-refractivity contribution in [3.8, 4) is 5.75 Å². The second-order valence-corrected chi connectivity index (χ2v) is 5.74. The number of carbonyl (C=O) groups excluding carboxylic acids is 1. The van der Waals surface area contributed by atoms with Crippen LogP contribution in [0.4, 0.5) is 0 Å². The fraction of sp³-hybridized carbons (Fsp3) is 0.412. The highest BCUT2D eigenvalue weighted by Crippen LogP contribution is 2.21. The van der Waals surface area contributed by atoms with Crippen LogP contribution in [0.25, 0.3) is 0 Å². The van der Waals surface area contributed by atoms with Gasteiger partial charge in [0.25, 0.3) is 5.91 Å². The predicted molar refractivity (Wildman–Crippen MR) is 86.0 cm³/mol. The summed E-state index contributed by atoms with van der Waals surface area (Å²) in [6, 6.07) is 7.93. The lowest BCUT2D eigenvalue weighted by molar-refractivity contribution is 0.0925. The van der Waals surface area contributed by atoms with E-state index in [0.29, 0.717) is 11.5 Å². The highest BCUT2D eigenvalue weighted by molar-refractivity contribution is 5.93. The number of nitrogens with zero attached hydrogens (tertiary/aromatic N) is 2. The molecule has 1 N–H and O–H groups in total.